The van der Waals surface area contributed by atoms with Crippen LogP contribution >= 0.6 is 0 Å². The molecule has 0 radical (unpaired) electrons. The first-order valence-electron chi connectivity index (χ1n) is 13.7. The number of aliphatic hydroxyl groups excluding tert-OH is 1. The van der Waals surface area contributed by atoms with Crippen molar-refractivity contribution in [2.24, 2.45) is 5.92 Å². The summed E-state index contributed by atoms with van der Waals surface area (Å²) < 4.78 is 54.5. The highest BCUT2D eigenvalue weighted by Crippen LogP contribution is 2.40. The number of carbonyl (C=O) groups is 2. The number of alkyl halides is 2. The number of aliphatic hydroxyl groups is 1. The molecule has 1 aliphatic carbocycles. The zero-order chi connectivity index (χ0) is 29.8. The molecule has 2 aliphatic rings. The van der Waals surface area contributed by atoms with Crippen molar-refractivity contribution in [2.75, 3.05) is 47.1 Å². The maximum atomic E-state index is 13.3. The number of pyridine rings is 1. The van der Waals surface area contributed by atoms with Crippen molar-refractivity contribution >= 4 is 17.4 Å². The first kappa shape index (κ1) is 29.7. The van der Waals surface area contributed by atoms with E-state index >= 15 is 0 Å². The van der Waals surface area contributed by atoms with Gasteiger partial charge < -0.3 is 28.8 Å². The van der Waals surface area contributed by atoms with Crippen LogP contribution < -0.4 is 14.2 Å². The van der Waals surface area contributed by atoms with Gasteiger partial charge in [0.15, 0.2) is 11.9 Å². The van der Waals surface area contributed by atoms with Gasteiger partial charge in [0.2, 0.25) is 0 Å². The van der Waals surface area contributed by atoms with Crippen molar-refractivity contribution in [3.8, 4) is 28.5 Å². The Morgan fingerprint density at radius 3 is 2.69 bits per heavy atom. The molecule has 1 N–H and O–H groups in total. The molecule has 0 bridgehead atoms. The average Bonchev–Trinajstić information content (AvgIpc) is 3.69. The molecule has 226 valence electrons. The molecule has 1 unspecified atom stereocenters. The Morgan fingerprint density at radius 1 is 1.19 bits per heavy atom. The molecule has 3 aromatic rings. The highest BCUT2D eigenvalue weighted by Gasteiger charge is 2.30. The van der Waals surface area contributed by atoms with E-state index in [0.29, 0.717) is 42.4 Å². The number of methoxy groups -OCH3 is 2. The molecule has 13 heteroatoms. The van der Waals surface area contributed by atoms with Crippen molar-refractivity contribution in [3.05, 3.63) is 42.2 Å². The van der Waals surface area contributed by atoms with Crippen LogP contribution in [0.1, 0.15) is 29.6 Å². The van der Waals surface area contributed by atoms with Crippen LogP contribution in [0.4, 0.5) is 8.78 Å². The second-order valence-corrected chi connectivity index (χ2v) is 10.3. The molecule has 3 heterocycles. The van der Waals surface area contributed by atoms with Crippen LogP contribution in [0.2, 0.25) is 0 Å². The number of hydrogen-bond acceptors (Lipinski definition) is 10. The zero-order valence-corrected chi connectivity index (χ0v) is 23.3. The summed E-state index contributed by atoms with van der Waals surface area (Å²) in [5.74, 6) is -0.116. The average molecular weight is 590 g/mol. The van der Waals surface area contributed by atoms with Crippen LogP contribution in [0.15, 0.2) is 36.7 Å². The van der Waals surface area contributed by atoms with E-state index in [1.807, 2.05) is 4.90 Å². The fourth-order valence-electron chi connectivity index (χ4n) is 5.00. The van der Waals surface area contributed by atoms with Crippen LogP contribution in [0.25, 0.3) is 16.9 Å². The molecule has 11 nitrogen and oxygen atoms in total. The summed E-state index contributed by atoms with van der Waals surface area (Å²) in [6.07, 6.45) is 3.89. The van der Waals surface area contributed by atoms with Crippen LogP contribution in [-0.2, 0) is 14.3 Å². The molecule has 1 saturated carbocycles. The highest BCUT2D eigenvalue weighted by molar-refractivity contribution is 6.02. The van der Waals surface area contributed by atoms with E-state index in [1.54, 1.807) is 35.0 Å². The lowest BCUT2D eigenvalue weighted by molar-refractivity contribution is -0.160. The van der Waals surface area contributed by atoms with Crippen molar-refractivity contribution in [3.63, 3.8) is 0 Å². The van der Waals surface area contributed by atoms with Gasteiger partial charge in [0.25, 0.3) is 0 Å². The van der Waals surface area contributed by atoms with Crippen LogP contribution in [0.3, 0.4) is 0 Å². The summed E-state index contributed by atoms with van der Waals surface area (Å²) in [6.45, 7) is -1.59. The minimum Gasteiger partial charge on any atom is -0.496 e. The van der Waals surface area contributed by atoms with E-state index in [4.69, 9.17) is 23.7 Å². The lowest BCUT2D eigenvalue weighted by Crippen LogP contribution is -2.49. The smallest absolute Gasteiger partial charge is 0.387 e. The Kier molecular flexibility index (Phi) is 9.19. The molecule has 0 amide bonds. The lowest BCUT2D eigenvalue weighted by Gasteiger charge is -2.32. The van der Waals surface area contributed by atoms with Crippen molar-refractivity contribution < 1.29 is 47.2 Å². The van der Waals surface area contributed by atoms with Gasteiger partial charge in [-0.3, -0.25) is 14.1 Å². The van der Waals surface area contributed by atoms with Gasteiger partial charge in [-0.1, -0.05) is 0 Å². The Balaban J connectivity index is 1.29. The van der Waals surface area contributed by atoms with Crippen LogP contribution in [0, 0.1) is 5.92 Å². The van der Waals surface area contributed by atoms with Crippen LogP contribution in [0.5, 0.6) is 17.2 Å². The number of halogens is 2. The fourth-order valence-corrected chi connectivity index (χ4v) is 5.00. The van der Waals surface area contributed by atoms with Crippen molar-refractivity contribution in [1.82, 2.24) is 14.3 Å². The van der Waals surface area contributed by atoms with Gasteiger partial charge in [0.1, 0.15) is 41.2 Å². The van der Waals surface area contributed by atoms with Gasteiger partial charge in [-0.05, 0) is 37.0 Å². The van der Waals surface area contributed by atoms with E-state index in [-0.39, 0.29) is 48.3 Å². The third-order valence-corrected chi connectivity index (χ3v) is 7.26. The summed E-state index contributed by atoms with van der Waals surface area (Å²) >= 11 is 0. The maximum absolute atomic E-state index is 13.3. The SMILES string of the molecule is COC(=O)[C@@H]1CN(CC(O)COc2ccn3c(-c4cc(OC)c(C(=O)CC5CC5)c(OC(F)F)c4)cnc3c2)CCO1. The Bertz CT molecular complexity index is 1430. The molecule has 2 fully saturated rings. The van der Waals surface area contributed by atoms with Gasteiger partial charge in [-0.15, -0.1) is 0 Å². The molecule has 1 saturated heterocycles. The third kappa shape index (κ3) is 6.97. The standard InChI is InChI=1S/C29H33F2N3O8/c1-38-23-10-18(11-24(42-29(30)31)27(23)22(36)9-17-3-4-17)21-13-32-26-12-20(5-6-34(21)26)41-16-19(35)14-33-7-8-40-25(15-33)28(37)39-2/h5-6,10-13,17,19,25,29,35H,3-4,7-9,14-16H2,1-2H3/t19?,25-/m0/s1. The molecule has 1 aromatic carbocycles. The molecule has 2 atom stereocenters. The number of aromatic nitrogens is 2. The number of Topliss-reactive ketones (excluding diaryl/α,β-unsaturated/α-hetero) is 1. The molecular formula is C29H33F2N3O8. The second-order valence-electron chi connectivity index (χ2n) is 10.3. The Morgan fingerprint density at radius 2 is 1.98 bits per heavy atom. The third-order valence-electron chi connectivity index (χ3n) is 7.26. The van der Waals surface area contributed by atoms with Crippen molar-refractivity contribution in [2.45, 2.75) is 38.1 Å². The number of ether oxygens (including phenoxy) is 5. The van der Waals surface area contributed by atoms with Crippen LogP contribution in [-0.4, -0.2) is 97.0 Å². The Labute approximate surface area is 240 Å². The number of nitrogens with zero attached hydrogens (tertiary/aromatic N) is 3. The van der Waals surface area contributed by atoms with Gasteiger partial charge in [-0.2, -0.15) is 8.78 Å². The summed E-state index contributed by atoms with van der Waals surface area (Å²) in [7, 11) is 2.68. The van der Waals surface area contributed by atoms with E-state index in [1.165, 1.54) is 20.3 Å². The fraction of sp³-hybridized carbons (Fsp3) is 0.483. The highest BCUT2D eigenvalue weighted by atomic mass is 19.3. The Hall–Kier alpha value is -3.81. The first-order valence-corrected chi connectivity index (χ1v) is 13.7. The second kappa shape index (κ2) is 13.0. The number of rotatable bonds is 13. The lowest BCUT2D eigenvalue weighted by atomic mass is 10.00. The number of morpholine rings is 1. The van der Waals surface area contributed by atoms with Gasteiger partial charge in [0, 0.05) is 43.9 Å². The van der Waals surface area contributed by atoms with E-state index in [9.17, 15) is 23.5 Å². The summed E-state index contributed by atoms with van der Waals surface area (Å²) in [5, 5.41) is 10.5. The van der Waals surface area contributed by atoms with E-state index in [0.717, 1.165) is 12.8 Å². The normalized spacial score (nSPS) is 18.2. The summed E-state index contributed by atoms with van der Waals surface area (Å²) in [4.78, 5) is 31.0. The van der Waals surface area contributed by atoms with E-state index < -0.39 is 24.8 Å². The summed E-state index contributed by atoms with van der Waals surface area (Å²) in [6, 6.07) is 6.38. The number of carbonyl (C=O) groups excluding carboxylic acids is 2. The number of fused-ring (bicyclic) bond motifs is 1. The number of ketones is 1. The molecular weight excluding hydrogens is 556 g/mol. The first-order chi connectivity index (χ1) is 20.2. The number of imidazole rings is 1. The van der Waals surface area contributed by atoms with Gasteiger partial charge >= 0.3 is 12.6 Å². The quantitative estimate of drug-likeness (QED) is 0.235. The monoisotopic (exact) mass is 589 g/mol. The molecule has 0 spiro atoms. The van der Waals surface area contributed by atoms with Crippen molar-refractivity contribution in [1.29, 1.82) is 0 Å². The molecule has 1 aliphatic heterocycles. The molecule has 2 aromatic heterocycles. The zero-order valence-electron chi connectivity index (χ0n) is 23.3. The molecule has 5 rings (SSSR count). The minimum absolute atomic E-state index is 0.00581. The van der Waals surface area contributed by atoms with Gasteiger partial charge in [-0.25, -0.2) is 9.78 Å². The number of β-amino-alcohol motifs (C(OH)–C–C–N with tert-alkyl or cyclic N) is 1. The van der Waals surface area contributed by atoms with E-state index in [2.05, 4.69) is 4.98 Å². The maximum Gasteiger partial charge on any atom is 0.387 e. The number of benzene rings is 1. The largest absolute Gasteiger partial charge is 0.496 e. The molecule has 42 heavy (non-hydrogen) atoms. The van der Waals surface area contributed by atoms with Gasteiger partial charge in [0.05, 0.1) is 32.7 Å². The predicted octanol–water partition coefficient (Wildman–Crippen LogP) is 3.21. The predicted molar refractivity (Wildman–Crippen MR) is 145 cm³/mol. The number of hydrogen-bond donors (Lipinski definition) is 1. The number of esters is 1. The topological polar surface area (TPSA) is 121 Å². The summed E-state index contributed by atoms with van der Waals surface area (Å²) in [5.41, 5.74) is 1.55. The minimum atomic E-state index is -3.12.